The molecule has 0 spiro atoms. The fourth-order valence-electron chi connectivity index (χ4n) is 3.08. The summed E-state index contributed by atoms with van der Waals surface area (Å²) in [4.78, 5) is 19.1. The van der Waals surface area contributed by atoms with Crippen molar-refractivity contribution < 1.29 is 14.6 Å². The summed E-state index contributed by atoms with van der Waals surface area (Å²) in [5.41, 5.74) is 1.11. The van der Waals surface area contributed by atoms with Crippen LogP contribution in [0.1, 0.15) is 49.1 Å². The molecule has 5 nitrogen and oxygen atoms in total. The van der Waals surface area contributed by atoms with E-state index in [0.29, 0.717) is 11.6 Å². The molecule has 1 N–H and O–H groups in total. The number of ether oxygens (including phenoxy) is 1. The predicted octanol–water partition coefficient (Wildman–Crippen LogP) is 5.36. The first-order valence-corrected chi connectivity index (χ1v) is 10.4. The molecule has 3 rings (SSSR count). The smallest absolute Gasteiger partial charge is 0.411 e. The van der Waals surface area contributed by atoms with Gasteiger partial charge in [0.1, 0.15) is 16.7 Å². The fraction of sp³-hybridized carbons (Fsp3) is 0.304. The molecule has 6 heteroatoms. The maximum absolute atomic E-state index is 13.2. The minimum atomic E-state index is -0.978. The Balaban J connectivity index is 2.04. The third kappa shape index (κ3) is 5.65. The molecule has 0 saturated carbocycles. The zero-order chi connectivity index (χ0) is 20.9. The lowest BCUT2D eigenvalue weighted by atomic mass is 9.99. The van der Waals surface area contributed by atoms with E-state index in [4.69, 9.17) is 4.74 Å². The van der Waals surface area contributed by atoms with Gasteiger partial charge in [-0.25, -0.2) is 9.78 Å². The maximum Gasteiger partial charge on any atom is 0.411 e. The first-order chi connectivity index (χ1) is 13.8. The van der Waals surface area contributed by atoms with Crippen molar-refractivity contribution in [3.8, 4) is 0 Å². The molecule has 1 amide bonds. The molecule has 2 atom stereocenters. The summed E-state index contributed by atoms with van der Waals surface area (Å²) in [7, 11) is 0. The zero-order valence-electron chi connectivity index (χ0n) is 16.9. The highest BCUT2D eigenvalue weighted by Gasteiger charge is 2.36. The monoisotopic (exact) mass is 410 g/mol. The number of carbonyl (C=O) groups excluding carboxylic acids is 1. The summed E-state index contributed by atoms with van der Waals surface area (Å²) in [6, 6.07) is 18.6. The third-order valence-corrected chi connectivity index (χ3v) is 5.15. The van der Waals surface area contributed by atoms with Gasteiger partial charge < -0.3 is 9.84 Å². The normalized spacial score (nSPS) is 13.5. The van der Waals surface area contributed by atoms with Crippen LogP contribution in [-0.4, -0.2) is 26.7 Å². The Kier molecular flexibility index (Phi) is 6.67. The molecule has 152 valence electrons. The van der Waals surface area contributed by atoms with Crippen molar-refractivity contribution in [1.29, 1.82) is 0 Å². The standard InChI is InChI=1S/C23H26N2O3S/c1-23(2,3)28-22(27)25(16-17-10-6-4-7-11-17)19(18-12-8-5-9-13-18)20(26)21-24-14-15-29-21/h4-15,19-20,26H,16H2,1-3H3/t19-,20-/m0/s1. The van der Waals surface area contributed by atoms with E-state index >= 15 is 0 Å². The van der Waals surface area contributed by atoms with Crippen LogP contribution in [0, 0.1) is 0 Å². The summed E-state index contributed by atoms with van der Waals surface area (Å²) in [5, 5.41) is 13.6. The number of carbonyl (C=O) groups is 1. The zero-order valence-corrected chi connectivity index (χ0v) is 17.7. The average Bonchev–Trinajstić information content (AvgIpc) is 3.22. The number of benzene rings is 2. The predicted molar refractivity (Wildman–Crippen MR) is 114 cm³/mol. The summed E-state index contributed by atoms with van der Waals surface area (Å²) in [6.07, 6.45) is 0.194. The number of nitrogens with zero attached hydrogens (tertiary/aromatic N) is 2. The van der Waals surface area contributed by atoms with Crippen LogP contribution < -0.4 is 0 Å². The van der Waals surface area contributed by atoms with E-state index in [9.17, 15) is 9.90 Å². The lowest BCUT2D eigenvalue weighted by Gasteiger charge is -2.36. The number of hydrogen-bond acceptors (Lipinski definition) is 5. The van der Waals surface area contributed by atoms with Crippen molar-refractivity contribution in [3.63, 3.8) is 0 Å². The van der Waals surface area contributed by atoms with Crippen LogP contribution in [-0.2, 0) is 11.3 Å². The number of rotatable bonds is 6. The number of aliphatic hydroxyl groups is 1. The van der Waals surface area contributed by atoms with Gasteiger partial charge >= 0.3 is 6.09 Å². The lowest BCUT2D eigenvalue weighted by molar-refractivity contribution is -0.0103. The molecule has 0 fully saturated rings. The van der Waals surface area contributed by atoms with Crippen molar-refractivity contribution in [2.45, 2.75) is 45.1 Å². The molecule has 0 aliphatic heterocycles. The van der Waals surface area contributed by atoms with Crippen molar-refractivity contribution in [1.82, 2.24) is 9.88 Å². The number of amides is 1. The van der Waals surface area contributed by atoms with Crippen molar-refractivity contribution in [2.24, 2.45) is 0 Å². The Morgan fingerprint density at radius 2 is 1.72 bits per heavy atom. The topological polar surface area (TPSA) is 62.7 Å². The summed E-state index contributed by atoms with van der Waals surface area (Å²) in [5.74, 6) is 0. The lowest BCUT2D eigenvalue weighted by Crippen LogP contribution is -2.41. The Morgan fingerprint density at radius 1 is 1.10 bits per heavy atom. The first kappa shape index (κ1) is 21.0. The largest absolute Gasteiger partial charge is 0.444 e. The minimum absolute atomic E-state index is 0.303. The average molecular weight is 411 g/mol. The maximum atomic E-state index is 13.2. The molecule has 1 heterocycles. The molecule has 0 aliphatic carbocycles. The SMILES string of the molecule is CC(C)(C)OC(=O)N(Cc1ccccc1)[C@@H](c1ccccc1)[C@H](O)c1nccs1. The van der Waals surface area contributed by atoms with Crippen LogP contribution >= 0.6 is 11.3 Å². The summed E-state index contributed by atoms with van der Waals surface area (Å²) >= 11 is 1.36. The Hall–Kier alpha value is -2.70. The molecule has 0 saturated heterocycles. The highest BCUT2D eigenvalue weighted by Crippen LogP contribution is 2.36. The van der Waals surface area contributed by atoms with Gasteiger partial charge in [-0.2, -0.15) is 0 Å². The van der Waals surface area contributed by atoms with Gasteiger partial charge in [0.2, 0.25) is 0 Å². The Bertz CT molecular complexity index is 893. The number of aliphatic hydroxyl groups excluding tert-OH is 1. The van der Waals surface area contributed by atoms with Crippen LogP contribution in [0.5, 0.6) is 0 Å². The van der Waals surface area contributed by atoms with Crippen molar-refractivity contribution in [3.05, 3.63) is 88.4 Å². The molecular formula is C23H26N2O3S. The number of hydrogen-bond donors (Lipinski definition) is 1. The highest BCUT2D eigenvalue weighted by atomic mass is 32.1. The van der Waals surface area contributed by atoms with E-state index in [1.165, 1.54) is 11.3 Å². The van der Waals surface area contributed by atoms with Gasteiger partial charge in [0.05, 0.1) is 6.04 Å². The minimum Gasteiger partial charge on any atom is -0.444 e. The second-order valence-corrected chi connectivity index (χ2v) is 8.69. The molecule has 1 aromatic heterocycles. The number of aromatic nitrogens is 1. The number of thiazole rings is 1. The molecule has 2 aromatic carbocycles. The van der Waals surface area contributed by atoms with Gasteiger partial charge in [0.15, 0.2) is 0 Å². The molecule has 0 aliphatic rings. The van der Waals surface area contributed by atoms with Crippen molar-refractivity contribution >= 4 is 17.4 Å². The van der Waals surface area contributed by atoms with Gasteiger partial charge in [-0.3, -0.25) is 4.90 Å². The summed E-state index contributed by atoms with van der Waals surface area (Å²) in [6.45, 7) is 5.80. The van der Waals surface area contributed by atoms with Gasteiger partial charge in [0.25, 0.3) is 0 Å². The van der Waals surface area contributed by atoms with Crippen LogP contribution in [0.4, 0.5) is 4.79 Å². The van der Waals surface area contributed by atoms with Crippen LogP contribution in [0.25, 0.3) is 0 Å². The van der Waals surface area contributed by atoms with E-state index in [1.807, 2.05) is 86.8 Å². The molecule has 29 heavy (non-hydrogen) atoms. The second kappa shape index (κ2) is 9.20. The first-order valence-electron chi connectivity index (χ1n) is 9.51. The second-order valence-electron chi connectivity index (χ2n) is 7.76. The van der Waals surface area contributed by atoms with E-state index in [-0.39, 0.29) is 0 Å². The molecule has 0 bridgehead atoms. The van der Waals surface area contributed by atoms with Gasteiger partial charge in [-0.05, 0) is 31.9 Å². The van der Waals surface area contributed by atoms with Crippen molar-refractivity contribution in [2.75, 3.05) is 0 Å². The van der Waals surface area contributed by atoms with Gasteiger partial charge in [-0.15, -0.1) is 11.3 Å². The molecule has 0 radical (unpaired) electrons. The molecule has 3 aromatic rings. The Labute approximate surface area is 175 Å². The van der Waals surface area contributed by atoms with Gasteiger partial charge in [0, 0.05) is 18.1 Å². The highest BCUT2D eigenvalue weighted by molar-refractivity contribution is 7.09. The third-order valence-electron chi connectivity index (χ3n) is 4.30. The molecular weight excluding hydrogens is 384 g/mol. The van der Waals surface area contributed by atoms with E-state index in [0.717, 1.165) is 11.1 Å². The van der Waals surface area contributed by atoms with E-state index in [1.54, 1.807) is 11.1 Å². The van der Waals surface area contributed by atoms with Crippen LogP contribution in [0.2, 0.25) is 0 Å². The van der Waals surface area contributed by atoms with Gasteiger partial charge in [-0.1, -0.05) is 60.7 Å². The fourth-order valence-corrected chi connectivity index (χ4v) is 3.73. The summed E-state index contributed by atoms with van der Waals surface area (Å²) < 4.78 is 5.70. The van der Waals surface area contributed by atoms with Crippen LogP contribution in [0.15, 0.2) is 72.2 Å². The van der Waals surface area contributed by atoms with E-state index < -0.39 is 23.8 Å². The molecule has 0 unspecified atom stereocenters. The van der Waals surface area contributed by atoms with E-state index in [2.05, 4.69) is 4.98 Å². The Morgan fingerprint density at radius 3 is 2.28 bits per heavy atom. The van der Waals surface area contributed by atoms with Crippen LogP contribution in [0.3, 0.4) is 0 Å². The quantitative estimate of drug-likeness (QED) is 0.595.